The number of aryl methyl sites for hydroxylation is 1. The first kappa shape index (κ1) is 12.9. The fourth-order valence-corrected chi connectivity index (χ4v) is 1.84. The zero-order chi connectivity index (χ0) is 13.0. The topological polar surface area (TPSA) is 9.23 Å². The van der Waals surface area contributed by atoms with Crippen molar-refractivity contribution in [2.75, 3.05) is 0 Å². The van der Waals surface area contributed by atoms with Gasteiger partial charge in [-0.2, -0.15) is 0 Å². The van der Waals surface area contributed by atoms with Gasteiger partial charge in [0.1, 0.15) is 18.2 Å². The maximum atomic E-state index is 13.1. The van der Waals surface area contributed by atoms with E-state index >= 15 is 0 Å². The Morgan fingerprint density at radius 3 is 2.78 bits per heavy atom. The molecule has 0 amide bonds. The Morgan fingerprint density at radius 2 is 2.00 bits per heavy atom. The predicted molar refractivity (Wildman–Crippen MR) is 71.5 cm³/mol. The zero-order valence-corrected chi connectivity index (χ0v) is 10.9. The highest BCUT2D eigenvalue weighted by molar-refractivity contribution is 6.17. The largest absolute Gasteiger partial charge is 0.489 e. The Kier molecular flexibility index (Phi) is 4.21. The van der Waals surface area contributed by atoms with Gasteiger partial charge in [0.2, 0.25) is 0 Å². The van der Waals surface area contributed by atoms with E-state index in [0.717, 1.165) is 22.4 Å². The summed E-state index contributed by atoms with van der Waals surface area (Å²) in [6, 6.07) is 12.3. The van der Waals surface area contributed by atoms with Crippen molar-refractivity contribution >= 4 is 11.6 Å². The molecule has 2 aromatic rings. The van der Waals surface area contributed by atoms with E-state index < -0.39 is 0 Å². The van der Waals surface area contributed by atoms with Crippen molar-refractivity contribution in [1.29, 1.82) is 0 Å². The van der Waals surface area contributed by atoms with Crippen molar-refractivity contribution in [2.24, 2.45) is 0 Å². The standard InChI is InChI=1S/C15H14ClFO/c1-11-5-6-14(17)8-13(11)10-18-15-4-2-3-12(7-15)9-16/h2-8H,9-10H2,1H3. The van der Waals surface area contributed by atoms with Crippen LogP contribution in [0.3, 0.4) is 0 Å². The number of halogens is 2. The highest BCUT2D eigenvalue weighted by atomic mass is 35.5. The van der Waals surface area contributed by atoms with E-state index in [2.05, 4.69) is 0 Å². The summed E-state index contributed by atoms with van der Waals surface area (Å²) in [6.07, 6.45) is 0. The summed E-state index contributed by atoms with van der Waals surface area (Å²) in [6.45, 7) is 2.29. The van der Waals surface area contributed by atoms with Crippen LogP contribution in [0.15, 0.2) is 42.5 Å². The van der Waals surface area contributed by atoms with Gasteiger partial charge in [0.05, 0.1) is 0 Å². The third-order valence-electron chi connectivity index (χ3n) is 2.76. The van der Waals surface area contributed by atoms with Crippen LogP contribution in [0, 0.1) is 12.7 Å². The molecule has 2 aromatic carbocycles. The van der Waals surface area contributed by atoms with Gasteiger partial charge in [-0.25, -0.2) is 4.39 Å². The number of hydrogen-bond donors (Lipinski definition) is 0. The van der Waals surface area contributed by atoms with E-state index in [9.17, 15) is 4.39 Å². The van der Waals surface area contributed by atoms with Gasteiger partial charge in [0.25, 0.3) is 0 Å². The second kappa shape index (κ2) is 5.87. The molecule has 0 aliphatic carbocycles. The minimum absolute atomic E-state index is 0.242. The molecule has 0 aromatic heterocycles. The van der Waals surface area contributed by atoms with Gasteiger partial charge in [-0.3, -0.25) is 0 Å². The lowest BCUT2D eigenvalue weighted by atomic mass is 10.1. The minimum atomic E-state index is -0.242. The molecule has 0 aliphatic rings. The Hall–Kier alpha value is -1.54. The van der Waals surface area contributed by atoms with Crippen LogP contribution in [0.4, 0.5) is 4.39 Å². The van der Waals surface area contributed by atoms with Crippen LogP contribution >= 0.6 is 11.6 Å². The summed E-state index contributed by atoms with van der Waals surface area (Å²) < 4.78 is 18.8. The Bertz CT molecular complexity index is 540. The van der Waals surface area contributed by atoms with Crippen LogP contribution in [0.1, 0.15) is 16.7 Å². The molecule has 0 unspecified atom stereocenters. The summed E-state index contributed by atoms with van der Waals surface area (Å²) in [5.74, 6) is 0.960. The van der Waals surface area contributed by atoms with Gasteiger partial charge in [-0.05, 0) is 47.9 Å². The van der Waals surface area contributed by atoms with Crippen molar-refractivity contribution in [2.45, 2.75) is 19.4 Å². The van der Waals surface area contributed by atoms with Crippen molar-refractivity contribution in [3.05, 3.63) is 65.0 Å². The quantitative estimate of drug-likeness (QED) is 0.741. The molecular weight excluding hydrogens is 251 g/mol. The Labute approximate surface area is 111 Å². The zero-order valence-electron chi connectivity index (χ0n) is 10.1. The molecule has 0 heterocycles. The molecule has 0 radical (unpaired) electrons. The monoisotopic (exact) mass is 264 g/mol. The smallest absolute Gasteiger partial charge is 0.123 e. The first-order chi connectivity index (χ1) is 8.69. The highest BCUT2D eigenvalue weighted by Crippen LogP contribution is 2.18. The lowest BCUT2D eigenvalue weighted by Gasteiger charge is -2.09. The first-order valence-electron chi connectivity index (χ1n) is 5.72. The maximum Gasteiger partial charge on any atom is 0.123 e. The van der Waals surface area contributed by atoms with E-state index in [0.29, 0.717) is 12.5 Å². The molecule has 18 heavy (non-hydrogen) atoms. The van der Waals surface area contributed by atoms with Gasteiger partial charge < -0.3 is 4.74 Å². The molecule has 0 bridgehead atoms. The lowest BCUT2D eigenvalue weighted by Crippen LogP contribution is -1.99. The van der Waals surface area contributed by atoms with Gasteiger partial charge in [0.15, 0.2) is 0 Å². The van der Waals surface area contributed by atoms with Gasteiger partial charge in [-0.15, -0.1) is 11.6 Å². The van der Waals surface area contributed by atoms with Gasteiger partial charge in [-0.1, -0.05) is 18.2 Å². The van der Waals surface area contributed by atoms with Crippen molar-refractivity contribution < 1.29 is 9.13 Å². The molecule has 0 spiro atoms. The number of benzene rings is 2. The summed E-state index contributed by atoms with van der Waals surface area (Å²) in [7, 11) is 0. The summed E-state index contributed by atoms with van der Waals surface area (Å²) >= 11 is 5.76. The van der Waals surface area contributed by atoms with E-state index in [1.54, 1.807) is 6.07 Å². The molecule has 1 nitrogen and oxygen atoms in total. The van der Waals surface area contributed by atoms with Crippen LogP contribution < -0.4 is 4.74 Å². The Balaban J connectivity index is 2.08. The SMILES string of the molecule is Cc1ccc(F)cc1COc1cccc(CCl)c1. The molecule has 0 saturated carbocycles. The third kappa shape index (κ3) is 3.23. The van der Waals surface area contributed by atoms with Crippen LogP contribution in [0.25, 0.3) is 0 Å². The Morgan fingerprint density at radius 1 is 1.17 bits per heavy atom. The van der Waals surface area contributed by atoms with Crippen LogP contribution in [-0.2, 0) is 12.5 Å². The molecule has 94 valence electrons. The third-order valence-corrected chi connectivity index (χ3v) is 3.07. The van der Waals surface area contributed by atoms with Gasteiger partial charge in [0, 0.05) is 5.88 Å². The van der Waals surface area contributed by atoms with Crippen molar-refractivity contribution in [1.82, 2.24) is 0 Å². The number of ether oxygens (including phenoxy) is 1. The van der Waals surface area contributed by atoms with E-state index in [1.165, 1.54) is 12.1 Å². The molecule has 3 heteroatoms. The number of hydrogen-bond acceptors (Lipinski definition) is 1. The molecule has 0 atom stereocenters. The fraction of sp³-hybridized carbons (Fsp3) is 0.200. The van der Waals surface area contributed by atoms with Gasteiger partial charge >= 0.3 is 0 Å². The normalized spacial score (nSPS) is 10.4. The van der Waals surface area contributed by atoms with Crippen LogP contribution in [0.5, 0.6) is 5.75 Å². The lowest BCUT2D eigenvalue weighted by molar-refractivity contribution is 0.304. The average Bonchev–Trinajstić information content (AvgIpc) is 2.40. The van der Waals surface area contributed by atoms with Crippen LogP contribution in [-0.4, -0.2) is 0 Å². The van der Waals surface area contributed by atoms with E-state index in [-0.39, 0.29) is 5.82 Å². The predicted octanol–water partition coefficient (Wildman–Crippen LogP) is 4.45. The highest BCUT2D eigenvalue weighted by Gasteiger charge is 2.02. The summed E-state index contributed by atoms with van der Waals surface area (Å²) in [5.41, 5.74) is 2.88. The summed E-state index contributed by atoms with van der Waals surface area (Å²) in [5, 5.41) is 0. The number of alkyl halides is 1. The van der Waals surface area contributed by atoms with Crippen molar-refractivity contribution in [3.8, 4) is 5.75 Å². The second-order valence-electron chi connectivity index (χ2n) is 4.14. The maximum absolute atomic E-state index is 13.1. The molecular formula is C15H14ClFO. The summed E-state index contributed by atoms with van der Waals surface area (Å²) in [4.78, 5) is 0. The minimum Gasteiger partial charge on any atom is -0.489 e. The second-order valence-corrected chi connectivity index (χ2v) is 4.41. The molecule has 0 fully saturated rings. The number of rotatable bonds is 4. The van der Waals surface area contributed by atoms with Crippen LogP contribution in [0.2, 0.25) is 0 Å². The first-order valence-corrected chi connectivity index (χ1v) is 6.25. The molecule has 0 aliphatic heterocycles. The molecule has 0 saturated heterocycles. The van der Waals surface area contributed by atoms with E-state index in [1.807, 2.05) is 31.2 Å². The molecule has 0 N–H and O–H groups in total. The van der Waals surface area contributed by atoms with Crippen molar-refractivity contribution in [3.63, 3.8) is 0 Å². The molecule has 2 rings (SSSR count). The average molecular weight is 265 g/mol. The fourth-order valence-electron chi connectivity index (χ4n) is 1.68. The van der Waals surface area contributed by atoms with E-state index in [4.69, 9.17) is 16.3 Å².